The summed E-state index contributed by atoms with van der Waals surface area (Å²) in [5.74, 6) is 1.71. The Labute approximate surface area is 112 Å². The van der Waals surface area contributed by atoms with E-state index in [9.17, 15) is 4.79 Å². The maximum absolute atomic E-state index is 11.6. The molecule has 1 heterocycles. The van der Waals surface area contributed by atoms with Gasteiger partial charge in [-0.2, -0.15) is 0 Å². The first kappa shape index (κ1) is 13.3. The Morgan fingerprint density at radius 2 is 2.05 bits per heavy atom. The molecule has 1 aromatic heterocycles. The summed E-state index contributed by atoms with van der Waals surface area (Å²) in [6.07, 6.45) is 0.555. The van der Waals surface area contributed by atoms with Crippen LogP contribution in [-0.2, 0) is 6.42 Å². The topological polar surface area (TPSA) is 55.0 Å². The molecule has 0 radical (unpaired) electrons. The molecule has 0 aliphatic heterocycles. The van der Waals surface area contributed by atoms with Crippen LogP contribution in [0.2, 0.25) is 0 Å². The number of nitrogens with one attached hydrogen (secondary N) is 1. The van der Waals surface area contributed by atoms with Gasteiger partial charge in [0, 0.05) is 18.1 Å². The normalized spacial score (nSPS) is 10.7. The minimum absolute atomic E-state index is 0.108. The van der Waals surface area contributed by atoms with Crippen molar-refractivity contribution in [1.82, 2.24) is 9.97 Å². The van der Waals surface area contributed by atoms with Crippen molar-refractivity contribution < 1.29 is 4.74 Å². The molecule has 2 aromatic rings. The summed E-state index contributed by atoms with van der Waals surface area (Å²) >= 11 is 0. The quantitative estimate of drug-likeness (QED) is 0.916. The molecule has 4 nitrogen and oxygen atoms in total. The van der Waals surface area contributed by atoms with Gasteiger partial charge in [0.15, 0.2) is 0 Å². The van der Waals surface area contributed by atoms with Crippen LogP contribution in [-0.4, -0.2) is 17.1 Å². The van der Waals surface area contributed by atoms with Crippen LogP contribution < -0.4 is 10.3 Å². The first-order valence-corrected chi connectivity index (χ1v) is 6.32. The molecule has 100 valence electrons. The van der Waals surface area contributed by atoms with E-state index in [1.54, 1.807) is 13.2 Å². The molecule has 2 rings (SSSR count). The molecule has 19 heavy (non-hydrogen) atoms. The van der Waals surface area contributed by atoms with Crippen molar-refractivity contribution in [3.8, 4) is 5.75 Å². The third-order valence-electron chi connectivity index (χ3n) is 2.95. The van der Waals surface area contributed by atoms with Crippen LogP contribution in [0, 0.1) is 0 Å². The lowest BCUT2D eigenvalue weighted by Crippen LogP contribution is -2.14. The van der Waals surface area contributed by atoms with Gasteiger partial charge in [-0.1, -0.05) is 32.0 Å². The van der Waals surface area contributed by atoms with Crippen LogP contribution in [0.3, 0.4) is 0 Å². The number of methoxy groups -OCH3 is 1. The summed E-state index contributed by atoms with van der Waals surface area (Å²) in [4.78, 5) is 18.9. The summed E-state index contributed by atoms with van der Waals surface area (Å²) in [6.45, 7) is 4.04. The van der Waals surface area contributed by atoms with E-state index in [4.69, 9.17) is 4.74 Å². The molecular weight excluding hydrogens is 240 g/mol. The van der Waals surface area contributed by atoms with E-state index in [1.807, 2.05) is 38.1 Å². The van der Waals surface area contributed by atoms with Crippen LogP contribution in [0.4, 0.5) is 0 Å². The van der Waals surface area contributed by atoms with Gasteiger partial charge in [0.05, 0.1) is 12.8 Å². The van der Waals surface area contributed by atoms with Crippen molar-refractivity contribution in [2.45, 2.75) is 26.2 Å². The molecule has 0 fully saturated rings. The van der Waals surface area contributed by atoms with E-state index < -0.39 is 0 Å². The van der Waals surface area contributed by atoms with Gasteiger partial charge in [-0.05, 0) is 12.0 Å². The predicted molar refractivity (Wildman–Crippen MR) is 74.7 cm³/mol. The maximum Gasteiger partial charge on any atom is 0.251 e. The molecule has 0 bridgehead atoms. The third kappa shape index (κ3) is 3.22. The molecule has 0 saturated heterocycles. The van der Waals surface area contributed by atoms with Gasteiger partial charge in [0.1, 0.15) is 11.6 Å². The standard InChI is InChI=1S/C15H18N2O2/c1-10(2)12-9-15(18)17-14(16-12)8-11-6-4-5-7-13(11)19-3/h4-7,9-10H,8H2,1-3H3,(H,16,17,18). The molecule has 4 heteroatoms. The highest BCUT2D eigenvalue weighted by molar-refractivity contribution is 5.35. The average molecular weight is 258 g/mol. The zero-order chi connectivity index (χ0) is 13.8. The van der Waals surface area contributed by atoms with Crippen LogP contribution in [0.25, 0.3) is 0 Å². The zero-order valence-electron chi connectivity index (χ0n) is 11.4. The first-order valence-electron chi connectivity index (χ1n) is 6.32. The molecule has 0 aliphatic carbocycles. The highest BCUT2D eigenvalue weighted by Crippen LogP contribution is 2.19. The second kappa shape index (κ2) is 5.69. The second-order valence-corrected chi connectivity index (χ2v) is 4.76. The zero-order valence-corrected chi connectivity index (χ0v) is 11.4. The minimum Gasteiger partial charge on any atom is -0.496 e. The number of aromatic amines is 1. The van der Waals surface area contributed by atoms with Crippen molar-refractivity contribution in [1.29, 1.82) is 0 Å². The first-order chi connectivity index (χ1) is 9.10. The van der Waals surface area contributed by atoms with Crippen molar-refractivity contribution in [3.63, 3.8) is 0 Å². The van der Waals surface area contributed by atoms with E-state index in [0.717, 1.165) is 17.0 Å². The van der Waals surface area contributed by atoms with Crippen LogP contribution in [0.15, 0.2) is 35.1 Å². The Morgan fingerprint density at radius 1 is 1.32 bits per heavy atom. The Hall–Kier alpha value is -2.10. The number of para-hydroxylation sites is 1. The van der Waals surface area contributed by atoms with Crippen molar-refractivity contribution >= 4 is 0 Å². The lowest BCUT2D eigenvalue weighted by molar-refractivity contribution is 0.410. The number of benzene rings is 1. The van der Waals surface area contributed by atoms with Gasteiger partial charge in [-0.25, -0.2) is 4.98 Å². The average Bonchev–Trinajstić information content (AvgIpc) is 2.38. The summed E-state index contributed by atoms with van der Waals surface area (Å²) in [5, 5.41) is 0. The van der Waals surface area contributed by atoms with Gasteiger partial charge in [0.2, 0.25) is 0 Å². The lowest BCUT2D eigenvalue weighted by Gasteiger charge is -2.09. The van der Waals surface area contributed by atoms with Gasteiger partial charge in [-0.3, -0.25) is 4.79 Å². The molecule has 0 atom stereocenters. The fourth-order valence-corrected chi connectivity index (χ4v) is 1.94. The minimum atomic E-state index is -0.108. The Kier molecular flexibility index (Phi) is 4.00. The molecule has 1 aromatic carbocycles. The smallest absolute Gasteiger partial charge is 0.251 e. The lowest BCUT2D eigenvalue weighted by atomic mass is 10.1. The number of nitrogens with zero attached hydrogens (tertiary/aromatic N) is 1. The molecule has 0 unspecified atom stereocenters. The van der Waals surface area contributed by atoms with E-state index in [-0.39, 0.29) is 11.5 Å². The molecule has 0 spiro atoms. The van der Waals surface area contributed by atoms with Gasteiger partial charge in [0.25, 0.3) is 5.56 Å². The largest absolute Gasteiger partial charge is 0.496 e. The molecule has 0 amide bonds. The molecule has 1 N–H and O–H groups in total. The second-order valence-electron chi connectivity index (χ2n) is 4.76. The molecule has 0 aliphatic rings. The Bertz CT molecular complexity index is 618. The fraction of sp³-hybridized carbons (Fsp3) is 0.333. The van der Waals surface area contributed by atoms with Crippen LogP contribution in [0.1, 0.15) is 36.8 Å². The SMILES string of the molecule is COc1ccccc1Cc1nc(C(C)C)cc(=O)[nH]1. The predicted octanol–water partition coefficient (Wildman–Crippen LogP) is 2.49. The monoisotopic (exact) mass is 258 g/mol. The van der Waals surface area contributed by atoms with Gasteiger partial charge >= 0.3 is 0 Å². The van der Waals surface area contributed by atoms with E-state index in [1.165, 1.54) is 0 Å². The molecular formula is C15H18N2O2. The van der Waals surface area contributed by atoms with Crippen molar-refractivity contribution in [2.75, 3.05) is 7.11 Å². The van der Waals surface area contributed by atoms with Crippen molar-refractivity contribution in [3.05, 3.63) is 57.8 Å². The van der Waals surface area contributed by atoms with Gasteiger partial charge in [-0.15, -0.1) is 0 Å². The van der Waals surface area contributed by atoms with E-state index in [2.05, 4.69) is 9.97 Å². The Balaban J connectivity index is 2.35. The highest BCUT2D eigenvalue weighted by atomic mass is 16.5. The highest BCUT2D eigenvalue weighted by Gasteiger charge is 2.08. The van der Waals surface area contributed by atoms with E-state index >= 15 is 0 Å². The molecule has 0 saturated carbocycles. The number of aromatic nitrogens is 2. The summed E-state index contributed by atoms with van der Waals surface area (Å²) in [7, 11) is 1.64. The van der Waals surface area contributed by atoms with Crippen LogP contribution >= 0.6 is 0 Å². The summed E-state index contributed by atoms with van der Waals surface area (Å²) in [5.41, 5.74) is 1.71. The van der Waals surface area contributed by atoms with Crippen LogP contribution in [0.5, 0.6) is 5.75 Å². The fourth-order valence-electron chi connectivity index (χ4n) is 1.94. The van der Waals surface area contributed by atoms with Crippen molar-refractivity contribution in [2.24, 2.45) is 0 Å². The van der Waals surface area contributed by atoms with Gasteiger partial charge < -0.3 is 9.72 Å². The maximum atomic E-state index is 11.6. The number of hydrogen-bond acceptors (Lipinski definition) is 3. The Morgan fingerprint density at radius 3 is 2.74 bits per heavy atom. The summed E-state index contributed by atoms with van der Waals surface area (Å²) in [6, 6.07) is 9.29. The van der Waals surface area contributed by atoms with E-state index in [0.29, 0.717) is 12.2 Å². The third-order valence-corrected chi connectivity index (χ3v) is 2.95. The number of rotatable bonds is 4. The summed E-state index contributed by atoms with van der Waals surface area (Å²) < 4.78 is 5.31. The number of ether oxygens (including phenoxy) is 1. The number of H-pyrrole nitrogens is 1. The number of hydrogen-bond donors (Lipinski definition) is 1.